The second-order valence-electron chi connectivity index (χ2n) is 5.77. The molecule has 3 heteroatoms. The van der Waals surface area contributed by atoms with E-state index in [1.54, 1.807) is 7.11 Å². The fourth-order valence-electron chi connectivity index (χ4n) is 2.81. The number of benzene rings is 3. The summed E-state index contributed by atoms with van der Waals surface area (Å²) in [6.07, 6.45) is 0. The summed E-state index contributed by atoms with van der Waals surface area (Å²) in [4.78, 5) is 0. The van der Waals surface area contributed by atoms with Gasteiger partial charge >= 0.3 is 0 Å². The van der Waals surface area contributed by atoms with Gasteiger partial charge in [-0.3, -0.25) is 0 Å². The largest absolute Gasteiger partial charge is 0.543 e. The van der Waals surface area contributed by atoms with E-state index in [4.69, 9.17) is 9.16 Å². The minimum atomic E-state index is -1.54. The molecule has 0 aliphatic heterocycles. The second-order valence-corrected chi connectivity index (χ2v) is 8.07. The maximum absolute atomic E-state index is 6.46. The molecular weight excluding hydrogens is 312 g/mol. The van der Waals surface area contributed by atoms with Crippen molar-refractivity contribution in [3.63, 3.8) is 0 Å². The zero-order chi connectivity index (χ0) is 16.6. The summed E-state index contributed by atoms with van der Waals surface area (Å²) in [7, 11) is 0.152. The molecule has 0 aliphatic carbocycles. The third-order valence-electron chi connectivity index (χ3n) is 3.98. The molecule has 0 saturated heterocycles. The van der Waals surface area contributed by atoms with Crippen LogP contribution in [-0.4, -0.2) is 16.2 Å². The SMILES string of the molecule is COc1ccccc1O[SiH](Cc1ccccc1)Cc1ccccc1. The van der Waals surface area contributed by atoms with Crippen LogP contribution >= 0.6 is 0 Å². The maximum Gasteiger partial charge on any atom is 0.244 e. The highest BCUT2D eigenvalue weighted by atomic mass is 28.3. The van der Waals surface area contributed by atoms with Gasteiger partial charge in [-0.2, -0.15) is 0 Å². The predicted molar refractivity (Wildman–Crippen MR) is 101 cm³/mol. The Balaban J connectivity index is 1.81. The van der Waals surface area contributed by atoms with Gasteiger partial charge in [0, 0.05) is 0 Å². The first-order valence-electron chi connectivity index (χ1n) is 8.22. The standard InChI is InChI=1S/C21H22O2Si/c1-22-20-14-8-9-15-21(20)23-24(16-18-10-4-2-5-11-18)17-19-12-6-3-7-13-19/h2-15,24H,16-17H2,1H3. The van der Waals surface area contributed by atoms with Crippen LogP contribution in [0.15, 0.2) is 84.9 Å². The molecule has 0 bridgehead atoms. The fraction of sp³-hybridized carbons (Fsp3) is 0.143. The molecule has 0 radical (unpaired) electrons. The zero-order valence-corrected chi connectivity index (χ0v) is 15.0. The van der Waals surface area contributed by atoms with Crippen molar-refractivity contribution in [2.24, 2.45) is 0 Å². The molecule has 0 N–H and O–H groups in total. The van der Waals surface area contributed by atoms with E-state index >= 15 is 0 Å². The van der Waals surface area contributed by atoms with E-state index in [1.807, 2.05) is 24.3 Å². The molecule has 0 atom stereocenters. The van der Waals surface area contributed by atoms with E-state index in [9.17, 15) is 0 Å². The molecule has 2 nitrogen and oxygen atoms in total. The highest BCUT2D eigenvalue weighted by Crippen LogP contribution is 2.27. The smallest absolute Gasteiger partial charge is 0.244 e. The Morgan fingerprint density at radius 2 is 1.08 bits per heavy atom. The molecular formula is C21H22O2Si. The van der Waals surface area contributed by atoms with Crippen molar-refractivity contribution in [3.8, 4) is 11.5 Å². The summed E-state index contributed by atoms with van der Waals surface area (Å²) in [5, 5.41) is 0. The average molecular weight is 334 g/mol. The Morgan fingerprint density at radius 3 is 1.58 bits per heavy atom. The van der Waals surface area contributed by atoms with E-state index < -0.39 is 9.04 Å². The van der Waals surface area contributed by atoms with Crippen LogP contribution in [-0.2, 0) is 12.1 Å². The minimum Gasteiger partial charge on any atom is -0.543 e. The van der Waals surface area contributed by atoms with Gasteiger partial charge in [0.05, 0.1) is 7.11 Å². The summed E-state index contributed by atoms with van der Waals surface area (Å²) in [5.74, 6) is 1.65. The summed E-state index contributed by atoms with van der Waals surface area (Å²) >= 11 is 0. The topological polar surface area (TPSA) is 18.5 Å². The molecule has 0 heterocycles. The first kappa shape index (κ1) is 16.3. The van der Waals surface area contributed by atoms with Crippen LogP contribution in [0.1, 0.15) is 11.1 Å². The molecule has 0 spiro atoms. The molecule has 24 heavy (non-hydrogen) atoms. The number of rotatable bonds is 7. The molecule has 0 saturated carbocycles. The van der Waals surface area contributed by atoms with Gasteiger partial charge in [0.2, 0.25) is 9.04 Å². The van der Waals surface area contributed by atoms with Crippen LogP contribution in [0, 0.1) is 0 Å². The quantitative estimate of drug-likeness (QED) is 0.598. The third-order valence-corrected chi connectivity index (χ3v) is 6.42. The first-order chi connectivity index (χ1) is 11.8. The normalized spacial score (nSPS) is 10.6. The lowest BCUT2D eigenvalue weighted by Crippen LogP contribution is -2.29. The lowest BCUT2D eigenvalue weighted by Gasteiger charge is -2.20. The summed E-state index contributed by atoms with van der Waals surface area (Å²) in [5.41, 5.74) is 2.67. The lowest BCUT2D eigenvalue weighted by molar-refractivity contribution is 0.393. The van der Waals surface area contributed by atoms with E-state index in [-0.39, 0.29) is 0 Å². The fourth-order valence-corrected chi connectivity index (χ4v) is 5.27. The highest BCUT2D eigenvalue weighted by molar-refractivity contribution is 6.51. The number of para-hydroxylation sites is 2. The van der Waals surface area contributed by atoms with Crippen LogP contribution in [0.4, 0.5) is 0 Å². The van der Waals surface area contributed by atoms with Crippen molar-refractivity contribution in [3.05, 3.63) is 96.1 Å². The van der Waals surface area contributed by atoms with Crippen molar-refractivity contribution in [2.75, 3.05) is 7.11 Å². The van der Waals surface area contributed by atoms with Crippen molar-refractivity contribution in [1.82, 2.24) is 0 Å². The van der Waals surface area contributed by atoms with Crippen LogP contribution in [0.25, 0.3) is 0 Å². The van der Waals surface area contributed by atoms with Crippen LogP contribution < -0.4 is 9.16 Å². The molecule has 3 aromatic carbocycles. The molecule has 122 valence electrons. The monoisotopic (exact) mass is 334 g/mol. The van der Waals surface area contributed by atoms with E-state index in [0.717, 1.165) is 23.6 Å². The van der Waals surface area contributed by atoms with Gasteiger partial charge in [-0.05, 0) is 35.3 Å². The van der Waals surface area contributed by atoms with Crippen LogP contribution in [0.3, 0.4) is 0 Å². The van der Waals surface area contributed by atoms with Crippen LogP contribution in [0.2, 0.25) is 0 Å². The van der Waals surface area contributed by atoms with Gasteiger partial charge in [-0.15, -0.1) is 0 Å². The third kappa shape index (κ3) is 4.49. The van der Waals surface area contributed by atoms with Crippen molar-refractivity contribution in [1.29, 1.82) is 0 Å². The maximum atomic E-state index is 6.46. The minimum absolute atomic E-state index is 0.802. The number of methoxy groups -OCH3 is 1. The van der Waals surface area contributed by atoms with Gasteiger partial charge in [-0.1, -0.05) is 72.8 Å². The van der Waals surface area contributed by atoms with Crippen molar-refractivity contribution >= 4 is 9.04 Å². The van der Waals surface area contributed by atoms with E-state index in [0.29, 0.717) is 0 Å². The van der Waals surface area contributed by atoms with E-state index in [2.05, 4.69) is 60.7 Å². The zero-order valence-electron chi connectivity index (χ0n) is 13.9. The summed E-state index contributed by atoms with van der Waals surface area (Å²) in [6.45, 7) is 0. The first-order valence-corrected chi connectivity index (χ1v) is 10.3. The number of hydrogen-bond donors (Lipinski definition) is 0. The predicted octanol–water partition coefficient (Wildman–Crippen LogP) is 4.36. The van der Waals surface area contributed by atoms with Gasteiger partial charge in [0.1, 0.15) is 5.75 Å². The Labute approximate surface area is 145 Å². The highest BCUT2D eigenvalue weighted by Gasteiger charge is 2.17. The Bertz CT molecular complexity index is 703. The van der Waals surface area contributed by atoms with Crippen molar-refractivity contribution < 1.29 is 9.16 Å². The van der Waals surface area contributed by atoms with Gasteiger partial charge in [0.25, 0.3) is 0 Å². The molecule has 0 unspecified atom stereocenters. The molecule has 3 aromatic rings. The average Bonchev–Trinajstić information content (AvgIpc) is 2.64. The summed E-state index contributed by atoms with van der Waals surface area (Å²) in [6, 6.07) is 31.1. The Kier molecular flexibility index (Phi) is 5.69. The molecule has 0 aliphatic rings. The van der Waals surface area contributed by atoms with Crippen molar-refractivity contribution in [2.45, 2.75) is 12.1 Å². The number of hydrogen-bond acceptors (Lipinski definition) is 2. The van der Waals surface area contributed by atoms with Gasteiger partial charge < -0.3 is 9.16 Å². The molecule has 0 fully saturated rings. The summed E-state index contributed by atoms with van der Waals surface area (Å²) < 4.78 is 11.9. The molecule has 0 amide bonds. The second kappa shape index (κ2) is 8.36. The van der Waals surface area contributed by atoms with E-state index in [1.165, 1.54) is 11.1 Å². The molecule has 0 aromatic heterocycles. The molecule has 3 rings (SSSR count). The lowest BCUT2D eigenvalue weighted by atomic mass is 10.2. The number of ether oxygens (including phenoxy) is 1. The Hall–Kier alpha value is -2.52. The van der Waals surface area contributed by atoms with Gasteiger partial charge in [-0.25, -0.2) is 0 Å². The Morgan fingerprint density at radius 1 is 0.625 bits per heavy atom. The van der Waals surface area contributed by atoms with Gasteiger partial charge in [0.15, 0.2) is 5.75 Å². The van der Waals surface area contributed by atoms with Crippen LogP contribution in [0.5, 0.6) is 11.5 Å².